The Balaban J connectivity index is 2.29. The molecule has 1 N–H and O–H groups in total. The van der Waals surface area contributed by atoms with Crippen LogP contribution in [0.3, 0.4) is 0 Å². The second-order valence-electron chi connectivity index (χ2n) is 3.33. The Bertz CT molecular complexity index is 170. The third-order valence-corrected chi connectivity index (χ3v) is 1.98. The summed E-state index contributed by atoms with van der Waals surface area (Å²) >= 11 is 0. The third-order valence-electron chi connectivity index (χ3n) is 1.98. The summed E-state index contributed by atoms with van der Waals surface area (Å²) in [5.74, 6) is 0. The predicted octanol–water partition coefficient (Wildman–Crippen LogP) is 0.435. The molecule has 1 rings (SSSR count). The van der Waals surface area contributed by atoms with Crippen LogP contribution in [0, 0.1) is 0 Å². The van der Waals surface area contributed by atoms with Gasteiger partial charge in [0.2, 0.25) is 0 Å². The molecule has 0 spiro atoms. The van der Waals surface area contributed by atoms with Crippen LogP contribution in [-0.2, 0) is 4.74 Å². The van der Waals surface area contributed by atoms with E-state index in [0.29, 0.717) is 13.2 Å². The first kappa shape index (κ1) is 9.32. The lowest BCUT2D eigenvalue weighted by molar-refractivity contribution is 0.0500. The minimum atomic E-state index is -0.00708. The van der Waals surface area contributed by atoms with E-state index >= 15 is 0 Å². The second kappa shape index (κ2) is 3.76. The Morgan fingerprint density at radius 3 is 2.83 bits per heavy atom. The number of carbonyl (C=O) groups is 1. The normalized spacial score (nSPS) is 23.5. The van der Waals surface area contributed by atoms with Gasteiger partial charge >= 0.3 is 6.03 Å². The van der Waals surface area contributed by atoms with Gasteiger partial charge in [0.15, 0.2) is 0 Å². The number of nitrogens with zero attached hydrogens (tertiary/aromatic N) is 1. The maximum atomic E-state index is 11.0. The van der Waals surface area contributed by atoms with Crippen molar-refractivity contribution in [2.24, 2.45) is 0 Å². The minimum absolute atomic E-state index is 0.00708. The largest absolute Gasteiger partial charge is 0.377 e. The molecule has 12 heavy (non-hydrogen) atoms. The van der Waals surface area contributed by atoms with Gasteiger partial charge in [0, 0.05) is 13.6 Å². The standard InChI is InChI=1S/C8H16N2O2/c1-6(2)12-5-7-4-9-8(11)10(7)3/h6-7H,4-5H2,1-3H3,(H,9,11). The highest BCUT2D eigenvalue weighted by Crippen LogP contribution is 2.04. The van der Waals surface area contributed by atoms with Gasteiger partial charge in [-0.3, -0.25) is 0 Å². The van der Waals surface area contributed by atoms with Gasteiger partial charge in [0.1, 0.15) is 0 Å². The topological polar surface area (TPSA) is 41.6 Å². The van der Waals surface area contributed by atoms with Gasteiger partial charge in [0.05, 0.1) is 18.8 Å². The lowest BCUT2D eigenvalue weighted by atomic mass is 10.3. The molecule has 1 aliphatic heterocycles. The Kier molecular flexibility index (Phi) is 2.92. The van der Waals surface area contributed by atoms with E-state index < -0.39 is 0 Å². The number of ether oxygens (including phenoxy) is 1. The molecule has 0 aromatic rings. The average Bonchev–Trinajstić information content (AvgIpc) is 2.30. The van der Waals surface area contributed by atoms with Crippen LogP contribution in [-0.4, -0.2) is 43.3 Å². The lowest BCUT2D eigenvalue weighted by Crippen LogP contribution is -2.34. The van der Waals surface area contributed by atoms with Gasteiger partial charge in [-0.2, -0.15) is 0 Å². The van der Waals surface area contributed by atoms with Crippen LogP contribution in [0.5, 0.6) is 0 Å². The summed E-state index contributed by atoms with van der Waals surface area (Å²) in [6, 6.07) is 0.187. The van der Waals surface area contributed by atoms with Crippen LogP contribution in [0.4, 0.5) is 4.79 Å². The average molecular weight is 172 g/mol. The quantitative estimate of drug-likeness (QED) is 0.671. The molecule has 0 aromatic carbocycles. The van der Waals surface area contributed by atoms with Crippen molar-refractivity contribution in [3.05, 3.63) is 0 Å². The van der Waals surface area contributed by atoms with E-state index in [0.717, 1.165) is 0 Å². The lowest BCUT2D eigenvalue weighted by Gasteiger charge is -2.18. The van der Waals surface area contributed by atoms with E-state index in [-0.39, 0.29) is 18.2 Å². The fraction of sp³-hybridized carbons (Fsp3) is 0.875. The van der Waals surface area contributed by atoms with Gasteiger partial charge in [0.25, 0.3) is 0 Å². The number of hydrogen-bond donors (Lipinski definition) is 1. The monoisotopic (exact) mass is 172 g/mol. The molecule has 1 heterocycles. The number of hydrogen-bond acceptors (Lipinski definition) is 2. The zero-order valence-electron chi connectivity index (χ0n) is 7.83. The molecule has 70 valence electrons. The van der Waals surface area contributed by atoms with Crippen LogP contribution in [0.2, 0.25) is 0 Å². The molecule has 0 saturated carbocycles. The molecule has 4 nitrogen and oxygen atoms in total. The first-order chi connectivity index (χ1) is 5.61. The third kappa shape index (κ3) is 2.11. The molecule has 0 aliphatic carbocycles. The van der Waals surface area contributed by atoms with Gasteiger partial charge in [-0.15, -0.1) is 0 Å². The zero-order chi connectivity index (χ0) is 9.14. The molecule has 1 fully saturated rings. The fourth-order valence-corrected chi connectivity index (χ4v) is 1.11. The van der Waals surface area contributed by atoms with Crippen LogP contribution < -0.4 is 5.32 Å². The van der Waals surface area contributed by atoms with E-state index in [1.54, 1.807) is 11.9 Å². The molecule has 1 saturated heterocycles. The van der Waals surface area contributed by atoms with Crippen molar-refractivity contribution in [3.63, 3.8) is 0 Å². The molecule has 1 unspecified atom stereocenters. The number of rotatable bonds is 3. The van der Waals surface area contributed by atoms with E-state index in [9.17, 15) is 4.79 Å². The maximum absolute atomic E-state index is 11.0. The number of nitrogens with one attached hydrogen (secondary N) is 1. The molecule has 0 aromatic heterocycles. The highest BCUT2D eigenvalue weighted by Gasteiger charge is 2.27. The summed E-state index contributed by atoms with van der Waals surface area (Å²) in [7, 11) is 1.79. The minimum Gasteiger partial charge on any atom is -0.377 e. The predicted molar refractivity (Wildman–Crippen MR) is 46.0 cm³/mol. The molecule has 0 bridgehead atoms. The molecular formula is C8H16N2O2. The number of carbonyl (C=O) groups excluding carboxylic acids is 1. The fourth-order valence-electron chi connectivity index (χ4n) is 1.11. The highest BCUT2D eigenvalue weighted by atomic mass is 16.5. The van der Waals surface area contributed by atoms with Crippen LogP contribution in [0.25, 0.3) is 0 Å². The van der Waals surface area contributed by atoms with Crippen LogP contribution in [0.1, 0.15) is 13.8 Å². The first-order valence-electron chi connectivity index (χ1n) is 4.23. The van der Waals surface area contributed by atoms with Crippen molar-refractivity contribution in [2.75, 3.05) is 20.2 Å². The molecule has 0 radical (unpaired) electrons. The molecule has 1 atom stereocenters. The van der Waals surface area contributed by atoms with E-state index in [2.05, 4.69) is 5.32 Å². The van der Waals surface area contributed by atoms with Crippen LogP contribution >= 0.6 is 0 Å². The molecule has 1 aliphatic rings. The van der Waals surface area contributed by atoms with Crippen molar-refractivity contribution >= 4 is 6.03 Å². The number of amides is 2. The van der Waals surface area contributed by atoms with Crippen molar-refractivity contribution in [1.29, 1.82) is 0 Å². The van der Waals surface area contributed by atoms with Gasteiger partial charge in [-0.1, -0.05) is 0 Å². The van der Waals surface area contributed by atoms with Crippen molar-refractivity contribution in [3.8, 4) is 0 Å². The van der Waals surface area contributed by atoms with Gasteiger partial charge in [-0.05, 0) is 13.8 Å². The zero-order valence-corrected chi connectivity index (χ0v) is 7.83. The molecule has 4 heteroatoms. The summed E-state index contributed by atoms with van der Waals surface area (Å²) in [5.41, 5.74) is 0. The van der Waals surface area contributed by atoms with Gasteiger partial charge in [-0.25, -0.2) is 4.79 Å². The SMILES string of the molecule is CC(C)OCC1CNC(=O)N1C. The summed E-state index contributed by atoms with van der Waals surface area (Å²) in [6.07, 6.45) is 0.231. The maximum Gasteiger partial charge on any atom is 0.317 e. The smallest absolute Gasteiger partial charge is 0.317 e. The summed E-state index contributed by atoms with van der Waals surface area (Å²) in [6.45, 7) is 5.30. The van der Waals surface area contributed by atoms with E-state index in [1.165, 1.54) is 0 Å². The highest BCUT2D eigenvalue weighted by molar-refractivity contribution is 5.76. The van der Waals surface area contributed by atoms with E-state index in [4.69, 9.17) is 4.74 Å². The number of urea groups is 1. The van der Waals surface area contributed by atoms with Crippen molar-refractivity contribution in [2.45, 2.75) is 26.0 Å². The Morgan fingerprint density at radius 1 is 1.75 bits per heavy atom. The Labute approximate surface area is 72.9 Å². The van der Waals surface area contributed by atoms with Crippen molar-refractivity contribution in [1.82, 2.24) is 10.2 Å². The first-order valence-corrected chi connectivity index (χ1v) is 4.23. The van der Waals surface area contributed by atoms with Crippen molar-refractivity contribution < 1.29 is 9.53 Å². The summed E-state index contributed by atoms with van der Waals surface area (Å²) in [4.78, 5) is 12.7. The van der Waals surface area contributed by atoms with Gasteiger partial charge < -0.3 is 15.0 Å². The van der Waals surface area contributed by atoms with Crippen LogP contribution in [0.15, 0.2) is 0 Å². The Morgan fingerprint density at radius 2 is 2.42 bits per heavy atom. The molecular weight excluding hydrogens is 156 g/mol. The Hall–Kier alpha value is -0.770. The second-order valence-corrected chi connectivity index (χ2v) is 3.33. The summed E-state index contributed by atoms with van der Waals surface area (Å²) in [5, 5.41) is 2.75. The van der Waals surface area contributed by atoms with E-state index in [1.807, 2.05) is 13.8 Å². The summed E-state index contributed by atoms with van der Waals surface area (Å²) < 4.78 is 5.41. The molecule has 2 amide bonds. The number of likely N-dealkylation sites (N-methyl/N-ethyl adjacent to an activating group) is 1.